The number of nitrogens with one attached hydrogen (secondary N) is 1. The number of rotatable bonds is 43. The molecule has 0 aromatic heterocycles. The van der Waals surface area contributed by atoms with Gasteiger partial charge < -0.3 is 20.3 Å². The van der Waals surface area contributed by atoms with Gasteiger partial charge in [0.2, 0.25) is 5.91 Å². The average Bonchev–Trinajstić information content (AvgIpc) is 3.16. The van der Waals surface area contributed by atoms with Crippen LogP contribution in [0.25, 0.3) is 0 Å². The van der Waals surface area contributed by atoms with Crippen LogP contribution in [-0.4, -0.2) is 47.4 Å². The Morgan fingerprint density at radius 1 is 0.509 bits per heavy atom. The summed E-state index contributed by atoms with van der Waals surface area (Å²) >= 11 is 0. The first kappa shape index (κ1) is 51.6. The van der Waals surface area contributed by atoms with Crippen LogP contribution in [0.3, 0.4) is 0 Å². The number of unbranched alkanes of at least 4 members (excludes halogenated alkanes) is 30. The van der Waals surface area contributed by atoms with E-state index >= 15 is 0 Å². The summed E-state index contributed by atoms with van der Waals surface area (Å²) in [5.41, 5.74) is 0. The molecule has 0 radical (unpaired) electrons. The molecule has 6 heteroatoms. The largest absolute Gasteiger partial charge is 0.466 e. The summed E-state index contributed by atoms with van der Waals surface area (Å²) in [4.78, 5) is 24.3. The van der Waals surface area contributed by atoms with Crippen LogP contribution in [0.4, 0.5) is 0 Å². The number of hydrogen-bond donors (Lipinski definition) is 3. The van der Waals surface area contributed by atoms with E-state index in [1.807, 2.05) is 0 Å². The van der Waals surface area contributed by atoms with Crippen LogP contribution in [0, 0.1) is 0 Å². The lowest BCUT2D eigenvalue weighted by molar-refractivity contribution is -0.143. The number of aliphatic hydroxyl groups is 2. The van der Waals surface area contributed by atoms with E-state index in [0.29, 0.717) is 25.9 Å². The van der Waals surface area contributed by atoms with Gasteiger partial charge in [-0.1, -0.05) is 199 Å². The molecule has 0 saturated carbocycles. The highest BCUT2D eigenvalue weighted by Gasteiger charge is 2.20. The number of carbonyl (C=O) groups is 2. The molecule has 53 heavy (non-hydrogen) atoms. The van der Waals surface area contributed by atoms with Crippen molar-refractivity contribution in [2.75, 3.05) is 13.2 Å². The zero-order valence-electron chi connectivity index (χ0n) is 35.5. The molecule has 0 aliphatic rings. The number of hydrogen-bond acceptors (Lipinski definition) is 5. The first-order valence-corrected chi connectivity index (χ1v) is 23.4. The standard InChI is InChI=1S/C47H91NO5/c1-3-5-7-9-11-13-15-20-23-27-31-35-39-45(50)44(43-49)48-46(51)40-36-32-28-24-21-17-16-18-22-26-30-34-38-42-53-47(52)41-37-33-29-25-19-14-12-10-8-6-4-2/h17,21,44-45,49-50H,3-16,18-20,22-43H2,1-2H3,(H,48,51)/b21-17-. The molecule has 1 amide bonds. The first-order valence-electron chi connectivity index (χ1n) is 23.4. The minimum atomic E-state index is -0.678. The summed E-state index contributed by atoms with van der Waals surface area (Å²) < 4.78 is 5.43. The molecular weight excluding hydrogens is 659 g/mol. The number of esters is 1. The SMILES string of the molecule is CCCCCCCCCCCCCCC(O)C(CO)NC(=O)CCCCC/C=C\CCCCCCCCOC(=O)CCCCCCCCCCCCC. The molecule has 0 fully saturated rings. The highest BCUT2D eigenvalue weighted by Crippen LogP contribution is 2.15. The summed E-state index contributed by atoms with van der Waals surface area (Å²) in [6, 6.07) is -0.559. The van der Waals surface area contributed by atoms with Crippen LogP contribution in [0.15, 0.2) is 12.2 Å². The zero-order chi connectivity index (χ0) is 38.7. The molecule has 6 nitrogen and oxygen atoms in total. The van der Waals surface area contributed by atoms with Crippen molar-refractivity contribution in [3.63, 3.8) is 0 Å². The number of carbonyl (C=O) groups excluding carboxylic acids is 2. The lowest BCUT2D eigenvalue weighted by Gasteiger charge is -2.22. The van der Waals surface area contributed by atoms with Crippen LogP contribution in [-0.2, 0) is 14.3 Å². The van der Waals surface area contributed by atoms with Gasteiger partial charge in [-0.3, -0.25) is 9.59 Å². The average molecular weight is 750 g/mol. The van der Waals surface area contributed by atoms with Crippen LogP contribution >= 0.6 is 0 Å². The Labute approximate surface area is 329 Å². The molecule has 0 aliphatic carbocycles. The fraction of sp³-hybridized carbons (Fsp3) is 0.915. The summed E-state index contributed by atoms with van der Waals surface area (Å²) in [6.45, 7) is 4.89. The maximum absolute atomic E-state index is 12.4. The smallest absolute Gasteiger partial charge is 0.305 e. The molecule has 2 unspecified atom stereocenters. The van der Waals surface area contributed by atoms with Crippen molar-refractivity contribution in [3.8, 4) is 0 Å². The first-order chi connectivity index (χ1) is 26.0. The minimum absolute atomic E-state index is 0.0132. The molecule has 0 rings (SSSR count). The fourth-order valence-electron chi connectivity index (χ4n) is 7.16. The third kappa shape index (κ3) is 40.1. The Morgan fingerprint density at radius 3 is 1.36 bits per heavy atom. The van der Waals surface area contributed by atoms with Gasteiger partial charge in [0.15, 0.2) is 0 Å². The van der Waals surface area contributed by atoms with Gasteiger partial charge in [0.1, 0.15) is 0 Å². The van der Waals surface area contributed by atoms with E-state index in [9.17, 15) is 19.8 Å². The van der Waals surface area contributed by atoms with Gasteiger partial charge in [0.25, 0.3) is 0 Å². The summed E-state index contributed by atoms with van der Waals surface area (Å²) in [6.07, 6.45) is 47.4. The van der Waals surface area contributed by atoms with E-state index in [1.165, 1.54) is 148 Å². The van der Waals surface area contributed by atoms with Crippen molar-refractivity contribution < 1.29 is 24.5 Å². The Morgan fingerprint density at radius 2 is 0.887 bits per heavy atom. The second kappa shape index (κ2) is 43.3. The van der Waals surface area contributed by atoms with Crippen LogP contribution in [0.5, 0.6) is 0 Å². The summed E-state index contributed by atoms with van der Waals surface area (Å²) in [7, 11) is 0. The van der Waals surface area contributed by atoms with Crippen LogP contribution in [0.1, 0.15) is 251 Å². The Balaban J connectivity index is 3.51. The third-order valence-electron chi connectivity index (χ3n) is 10.8. The maximum Gasteiger partial charge on any atom is 0.305 e. The van der Waals surface area contributed by atoms with Crippen molar-refractivity contribution in [2.24, 2.45) is 0 Å². The molecule has 0 aromatic carbocycles. The van der Waals surface area contributed by atoms with Gasteiger partial charge in [0.05, 0.1) is 25.4 Å². The van der Waals surface area contributed by atoms with E-state index < -0.39 is 12.1 Å². The molecule has 0 spiro atoms. The van der Waals surface area contributed by atoms with Crippen molar-refractivity contribution in [1.82, 2.24) is 5.32 Å². The van der Waals surface area contributed by atoms with Gasteiger partial charge >= 0.3 is 5.97 Å². The van der Waals surface area contributed by atoms with Gasteiger partial charge in [-0.15, -0.1) is 0 Å². The molecule has 3 N–H and O–H groups in total. The lowest BCUT2D eigenvalue weighted by Crippen LogP contribution is -2.45. The van der Waals surface area contributed by atoms with E-state index in [-0.39, 0.29) is 18.5 Å². The summed E-state index contributed by atoms with van der Waals surface area (Å²) in [5.74, 6) is -0.0788. The van der Waals surface area contributed by atoms with Crippen LogP contribution in [0.2, 0.25) is 0 Å². The van der Waals surface area contributed by atoms with Crippen molar-refractivity contribution in [3.05, 3.63) is 12.2 Å². The Kier molecular flexibility index (Phi) is 42.2. The quantitative estimate of drug-likeness (QED) is 0.0328. The van der Waals surface area contributed by atoms with Crippen molar-refractivity contribution >= 4 is 11.9 Å². The van der Waals surface area contributed by atoms with Crippen molar-refractivity contribution in [2.45, 2.75) is 264 Å². The topological polar surface area (TPSA) is 95.9 Å². The lowest BCUT2D eigenvalue weighted by atomic mass is 10.0. The monoisotopic (exact) mass is 750 g/mol. The number of ether oxygens (including phenoxy) is 1. The molecule has 0 aromatic rings. The normalized spacial score (nSPS) is 12.8. The van der Waals surface area contributed by atoms with Gasteiger partial charge in [-0.05, 0) is 51.4 Å². The highest BCUT2D eigenvalue weighted by atomic mass is 16.5. The number of amides is 1. The maximum atomic E-state index is 12.4. The van der Waals surface area contributed by atoms with Gasteiger partial charge in [-0.25, -0.2) is 0 Å². The molecule has 2 atom stereocenters. The Hall–Kier alpha value is -1.40. The Bertz CT molecular complexity index is 787. The summed E-state index contributed by atoms with van der Waals surface area (Å²) in [5, 5.41) is 23.1. The predicted molar refractivity (Wildman–Crippen MR) is 227 cm³/mol. The van der Waals surface area contributed by atoms with E-state index in [0.717, 1.165) is 70.6 Å². The van der Waals surface area contributed by atoms with Crippen LogP contribution < -0.4 is 5.32 Å². The minimum Gasteiger partial charge on any atom is -0.466 e. The second-order valence-corrected chi connectivity index (χ2v) is 16.1. The third-order valence-corrected chi connectivity index (χ3v) is 10.8. The molecule has 314 valence electrons. The number of allylic oxidation sites excluding steroid dienone is 2. The van der Waals surface area contributed by atoms with E-state index in [4.69, 9.17) is 4.74 Å². The fourth-order valence-corrected chi connectivity index (χ4v) is 7.16. The van der Waals surface area contributed by atoms with Gasteiger partial charge in [0, 0.05) is 12.8 Å². The predicted octanol–water partition coefficient (Wildman–Crippen LogP) is 13.4. The van der Waals surface area contributed by atoms with Crippen molar-refractivity contribution in [1.29, 1.82) is 0 Å². The van der Waals surface area contributed by atoms with E-state index in [1.54, 1.807) is 0 Å². The highest BCUT2D eigenvalue weighted by molar-refractivity contribution is 5.76. The van der Waals surface area contributed by atoms with Gasteiger partial charge in [-0.2, -0.15) is 0 Å². The molecule has 0 bridgehead atoms. The molecule has 0 aliphatic heterocycles. The number of aliphatic hydroxyl groups excluding tert-OH is 2. The second-order valence-electron chi connectivity index (χ2n) is 16.1. The molecule has 0 saturated heterocycles. The van der Waals surface area contributed by atoms with E-state index in [2.05, 4.69) is 31.3 Å². The molecular formula is C47H91NO5. The molecule has 0 heterocycles. The zero-order valence-corrected chi connectivity index (χ0v) is 35.5.